The summed E-state index contributed by atoms with van der Waals surface area (Å²) < 4.78 is 10.4. The Bertz CT molecular complexity index is 1100. The monoisotopic (exact) mass is 550 g/mol. The molecule has 2 rings (SSSR count). The molecule has 0 spiro atoms. The van der Waals surface area contributed by atoms with Crippen molar-refractivity contribution in [2.24, 2.45) is 11.5 Å². The maximum atomic E-state index is 12.5. The fourth-order valence-corrected chi connectivity index (χ4v) is 3.26. The van der Waals surface area contributed by atoms with Gasteiger partial charge in [-0.1, -0.05) is 12.1 Å². The lowest BCUT2D eigenvalue weighted by atomic mass is 10.0. The number of carboxylic acid groups (broad SMARTS) is 1. The fraction of sp³-hybridized carbons (Fsp3) is 0.423. The number of carboxylic acids is 1. The van der Waals surface area contributed by atoms with E-state index in [1.807, 2.05) is 0 Å². The Labute approximate surface area is 226 Å². The third-order valence-corrected chi connectivity index (χ3v) is 5.45. The molecule has 13 heteroatoms. The minimum absolute atomic E-state index is 0.144. The van der Waals surface area contributed by atoms with E-state index in [1.54, 1.807) is 18.2 Å². The lowest BCUT2D eigenvalue weighted by Crippen LogP contribution is -2.54. The molecule has 2 amide bonds. The summed E-state index contributed by atoms with van der Waals surface area (Å²) in [6, 6.07) is 5.62. The zero-order chi connectivity index (χ0) is 29.5. The van der Waals surface area contributed by atoms with Crippen molar-refractivity contribution in [3.05, 3.63) is 47.5 Å². The zero-order valence-electron chi connectivity index (χ0n) is 22.2. The molecule has 0 radical (unpaired) electrons. The molecule has 0 aromatic heterocycles. The summed E-state index contributed by atoms with van der Waals surface area (Å²) in [6.07, 6.45) is 0.747. The standard InChI is InChI=1S/C23H29N3O8.C3H9NO/c1-12(21(29)26-16(23(31)32)9-14-4-6-17(27)18(28)10-14)25-22(30)15(24)8-13-5-7-19(33-2)20(11-13)34-3;4-2-1-3-5/h4-7,10-12,15-16,27-28H,8-9,24H2,1-3H3,(H,25,30)(H,26,29)(H,31,32);5H,1-4H2/t12-,15+,16+;/m1./s1. The number of phenolic OH excluding ortho intramolecular Hbond substituents is 2. The fourth-order valence-electron chi connectivity index (χ4n) is 3.26. The van der Waals surface area contributed by atoms with Crippen molar-refractivity contribution in [3.8, 4) is 23.0 Å². The van der Waals surface area contributed by atoms with E-state index in [0.717, 1.165) is 12.0 Å². The molecule has 0 fully saturated rings. The van der Waals surface area contributed by atoms with E-state index >= 15 is 0 Å². The van der Waals surface area contributed by atoms with Crippen LogP contribution in [0.15, 0.2) is 36.4 Å². The number of methoxy groups -OCH3 is 2. The Morgan fingerprint density at radius 2 is 1.51 bits per heavy atom. The number of aromatic hydroxyl groups is 2. The highest BCUT2D eigenvalue weighted by atomic mass is 16.5. The van der Waals surface area contributed by atoms with Crippen LogP contribution in [0.2, 0.25) is 0 Å². The summed E-state index contributed by atoms with van der Waals surface area (Å²) in [6.45, 7) is 2.22. The van der Waals surface area contributed by atoms with Crippen molar-refractivity contribution >= 4 is 17.8 Å². The molecule has 0 aliphatic carbocycles. The molecule has 216 valence electrons. The van der Waals surface area contributed by atoms with Gasteiger partial charge >= 0.3 is 5.97 Å². The molecule has 3 atom stereocenters. The smallest absolute Gasteiger partial charge is 0.326 e. The molecule has 10 N–H and O–H groups in total. The molecule has 39 heavy (non-hydrogen) atoms. The normalized spacial score (nSPS) is 12.7. The van der Waals surface area contributed by atoms with Gasteiger partial charge in [0.1, 0.15) is 12.1 Å². The average molecular weight is 551 g/mol. The maximum absolute atomic E-state index is 12.5. The highest BCUT2D eigenvalue weighted by Gasteiger charge is 2.26. The minimum atomic E-state index is -1.32. The SMILES string of the molecule is COc1ccc(C[C@H](N)C(=O)N[C@H](C)C(=O)N[C@@H](Cc2ccc(O)c(O)c2)C(=O)O)cc1OC.NCCCO. The van der Waals surface area contributed by atoms with Crippen LogP contribution in [0.3, 0.4) is 0 Å². The summed E-state index contributed by atoms with van der Waals surface area (Å²) in [5, 5.41) is 41.2. The first kappa shape index (κ1) is 33.0. The second-order valence-corrected chi connectivity index (χ2v) is 8.52. The van der Waals surface area contributed by atoms with E-state index in [4.69, 9.17) is 26.0 Å². The van der Waals surface area contributed by atoms with E-state index in [9.17, 15) is 29.7 Å². The van der Waals surface area contributed by atoms with Gasteiger partial charge in [0, 0.05) is 13.0 Å². The number of benzene rings is 2. The number of aliphatic carboxylic acids is 1. The Hall–Kier alpha value is -4.07. The summed E-state index contributed by atoms with van der Waals surface area (Å²) in [4.78, 5) is 36.6. The summed E-state index contributed by atoms with van der Waals surface area (Å²) in [5.74, 6) is -2.34. The molecular formula is C26H38N4O9. The number of nitrogens with two attached hydrogens (primary N) is 2. The van der Waals surface area contributed by atoms with Crippen LogP contribution in [-0.4, -0.2) is 83.7 Å². The third kappa shape index (κ3) is 11.1. The molecule has 0 bridgehead atoms. The van der Waals surface area contributed by atoms with Gasteiger partial charge in [0.15, 0.2) is 23.0 Å². The number of rotatable bonds is 13. The number of carbonyl (C=O) groups excluding carboxylic acids is 2. The van der Waals surface area contributed by atoms with Gasteiger partial charge in [-0.2, -0.15) is 0 Å². The second-order valence-electron chi connectivity index (χ2n) is 8.52. The molecule has 0 saturated carbocycles. The van der Waals surface area contributed by atoms with Crippen LogP contribution in [0.4, 0.5) is 0 Å². The third-order valence-electron chi connectivity index (χ3n) is 5.45. The van der Waals surface area contributed by atoms with Crippen molar-refractivity contribution in [2.75, 3.05) is 27.4 Å². The molecule has 0 unspecified atom stereocenters. The lowest BCUT2D eigenvalue weighted by molar-refractivity contribution is -0.142. The average Bonchev–Trinajstić information content (AvgIpc) is 2.90. The predicted octanol–water partition coefficient (Wildman–Crippen LogP) is -0.371. The van der Waals surface area contributed by atoms with Gasteiger partial charge in [-0.25, -0.2) is 4.79 Å². The van der Waals surface area contributed by atoms with Crippen LogP contribution in [0.25, 0.3) is 0 Å². The number of hydrogen-bond acceptors (Lipinski definition) is 10. The number of hydrogen-bond donors (Lipinski definition) is 8. The molecule has 13 nitrogen and oxygen atoms in total. The van der Waals surface area contributed by atoms with Gasteiger partial charge in [-0.3, -0.25) is 9.59 Å². The number of amides is 2. The highest BCUT2D eigenvalue weighted by molar-refractivity contribution is 5.91. The van der Waals surface area contributed by atoms with E-state index in [1.165, 1.54) is 39.3 Å². The molecule has 0 saturated heterocycles. The first-order chi connectivity index (χ1) is 18.5. The predicted molar refractivity (Wildman–Crippen MR) is 143 cm³/mol. The van der Waals surface area contributed by atoms with Gasteiger partial charge in [0.05, 0.1) is 20.3 Å². The Balaban J connectivity index is 0.00000139. The topological polar surface area (TPSA) is 227 Å². The Morgan fingerprint density at radius 1 is 0.897 bits per heavy atom. The first-order valence-electron chi connectivity index (χ1n) is 12.1. The quantitative estimate of drug-likeness (QED) is 0.150. The Morgan fingerprint density at radius 3 is 2.03 bits per heavy atom. The van der Waals surface area contributed by atoms with E-state index in [2.05, 4.69) is 10.6 Å². The van der Waals surface area contributed by atoms with Crippen LogP contribution in [-0.2, 0) is 27.2 Å². The van der Waals surface area contributed by atoms with Crippen LogP contribution < -0.4 is 31.6 Å². The van der Waals surface area contributed by atoms with Crippen molar-refractivity contribution in [1.82, 2.24) is 10.6 Å². The number of phenols is 2. The second kappa shape index (κ2) is 16.7. The summed E-state index contributed by atoms with van der Waals surface area (Å²) in [7, 11) is 3.00. The molecule has 0 heterocycles. The molecule has 0 aliphatic heterocycles. The first-order valence-corrected chi connectivity index (χ1v) is 12.1. The van der Waals surface area contributed by atoms with Crippen LogP contribution in [0.1, 0.15) is 24.5 Å². The zero-order valence-corrected chi connectivity index (χ0v) is 22.2. The van der Waals surface area contributed by atoms with Gasteiger partial charge in [-0.15, -0.1) is 0 Å². The molecule has 0 aliphatic rings. The van der Waals surface area contributed by atoms with E-state index in [-0.39, 0.29) is 25.2 Å². The van der Waals surface area contributed by atoms with Crippen molar-refractivity contribution in [3.63, 3.8) is 0 Å². The number of nitrogens with one attached hydrogen (secondary N) is 2. The molecular weight excluding hydrogens is 512 g/mol. The van der Waals surface area contributed by atoms with Crippen LogP contribution >= 0.6 is 0 Å². The van der Waals surface area contributed by atoms with E-state index < -0.39 is 41.7 Å². The van der Waals surface area contributed by atoms with Crippen LogP contribution in [0, 0.1) is 0 Å². The molecule has 2 aromatic rings. The number of aliphatic hydroxyl groups excluding tert-OH is 1. The summed E-state index contributed by atoms with van der Waals surface area (Å²) >= 11 is 0. The van der Waals surface area contributed by atoms with Gasteiger partial charge in [0.25, 0.3) is 0 Å². The lowest BCUT2D eigenvalue weighted by Gasteiger charge is -2.20. The minimum Gasteiger partial charge on any atom is -0.504 e. The Kier molecular flexibility index (Phi) is 14.1. The highest BCUT2D eigenvalue weighted by Crippen LogP contribution is 2.28. The number of carbonyl (C=O) groups is 3. The summed E-state index contributed by atoms with van der Waals surface area (Å²) in [5.41, 5.74) is 12.1. The van der Waals surface area contributed by atoms with Crippen molar-refractivity contribution in [1.29, 1.82) is 0 Å². The largest absolute Gasteiger partial charge is 0.504 e. The number of aliphatic hydroxyl groups is 1. The molecule has 2 aromatic carbocycles. The van der Waals surface area contributed by atoms with E-state index in [0.29, 0.717) is 23.6 Å². The van der Waals surface area contributed by atoms with Gasteiger partial charge < -0.3 is 52.0 Å². The van der Waals surface area contributed by atoms with Gasteiger partial charge in [-0.05, 0) is 61.7 Å². The maximum Gasteiger partial charge on any atom is 0.326 e. The van der Waals surface area contributed by atoms with Gasteiger partial charge in [0.2, 0.25) is 11.8 Å². The van der Waals surface area contributed by atoms with Crippen molar-refractivity contribution in [2.45, 2.75) is 44.3 Å². The number of ether oxygens (including phenoxy) is 2. The van der Waals surface area contributed by atoms with Crippen molar-refractivity contribution < 1.29 is 44.3 Å². The van der Waals surface area contributed by atoms with Crippen LogP contribution in [0.5, 0.6) is 23.0 Å².